The minimum Gasteiger partial charge on any atom is -0.477 e. The summed E-state index contributed by atoms with van der Waals surface area (Å²) in [5.74, 6) is 0.682. The van der Waals surface area contributed by atoms with E-state index in [2.05, 4.69) is 11.9 Å². The molecule has 0 amide bonds. The van der Waals surface area contributed by atoms with E-state index in [0.717, 1.165) is 12.0 Å². The second-order valence-electron chi connectivity index (χ2n) is 2.62. The molecule has 0 saturated heterocycles. The van der Waals surface area contributed by atoms with Crippen LogP contribution < -0.4 is 4.74 Å². The summed E-state index contributed by atoms with van der Waals surface area (Å²) in [4.78, 5) is 4.06. The number of ether oxygens (including phenoxy) is 1. The van der Waals surface area contributed by atoms with E-state index in [-0.39, 0.29) is 0 Å². The molecule has 0 aliphatic carbocycles. The molecule has 1 aromatic heterocycles. The van der Waals surface area contributed by atoms with Crippen LogP contribution in [0.3, 0.4) is 0 Å². The molecule has 0 aromatic carbocycles. The maximum absolute atomic E-state index is 5.73. The molecule has 1 rings (SSSR count). The monoisotopic (exact) mass is 185 g/mol. The summed E-state index contributed by atoms with van der Waals surface area (Å²) in [6, 6.07) is 1.85. The number of nitrogens with zero attached hydrogens (tertiary/aromatic N) is 1. The number of hydrogen-bond acceptors (Lipinski definition) is 2. The highest BCUT2D eigenvalue weighted by molar-refractivity contribution is 6.30. The summed E-state index contributed by atoms with van der Waals surface area (Å²) in [6.07, 6.45) is 2.59. The molecule has 0 aliphatic rings. The van der Waals surface area contributed by atoms with Gasteiger partial charge >= 0.3 is 0 Å². The zero-order valence-electron chi connectivity index (χ0n) is 7.30. The van der Waals surface area contributed by atoms with Crippen LogP contribution in [-0.2, 0) is 0 Å². The van der Waals surface area contributed by atoms with Gasteiger partial charge in [-0.05, 0) is 19.4 Å². The fraction of sp³-hybridized carbons (Fsp3) is 0.444. The molecular weight excluding hydrogens is 174 g/mol. The summed E-state index contributed by atoms with van der Waals surface area (Å²) < 4.78 is 5.37. The molecule has 0 fully saturated rings. The predicted octanol–water partition coefficient (Wildman–Crippen LogP) is 2.83. The minimum atomic E-state index is 0.649. The first kappa shape index (κ1) is 9.33. The second kappa shape index (κ2) is 4.31. The summed E-state index contributed by atoms with van der Waals surface area (Å²) in [5.41, 5.74) is 0.982. The smallest absolute Gasteiger partial charge is 0.216 e. The Morgan fingerprint density at radius 2 is 2.33 bits per heavy atom. The lowest BCUT2D eigenvalue weighted by Crippen LogP contribution is -1.98. The van der Waals surface area contributed by atoms with Crippen molar-refractivity contribution in [3.05, 3.63) is 22.8 Å². The van der Waals surface area contributed by atoms with Crippen molar-refractivity contribution in [2.45, 2.75) is 20.3 Å². The van der Waals surface area contributed by atoms with E-state index in [1.807, 2.05) is 13.0 Å². The molecule has 0 atom stereocenters. The van der Waals surface area contributed by atoms with Crippen LogP contribution in [0.2, 0.25) is 5.02 Å². The SMILES string of the molecule is CCCOc1ncc(Cl)cc1C. The molecule has 12 heavy (non-hydrogen) atoms. The van der Waals surface area contributed by atoms with E-state index in [0.29, 0.717) is 17.5 Å². The van der Waals surface area contributed by atoms with Crippen molar-refractivity contribution < 1.29 is 4.74 Å². The molecule has 0 bridgehead atoms. The zero-order chi connectivity index (χ0) is 8.97. The quantitative estimate of drug-likeness (QED) is 0.723. The van der Waals surface area contributed by atoms with Crippen LogP contribution in [0.5, 0.6) is 5.88 Å². The molecule has 0 unspecified atom stereocenters. The predicted molar refractivity (Wildman–Crippen MR) is 49.8 cm³/mol. The van der Waals surface area contributed by atoms with Crippen molar-refractivity contribution in [1.82, 2.24) is 4.98 Å². The Balaban J connectivity index is 2.72. The molecule has 0 aliphatic heterocycles. The summed E-state index contributed by atoms with van der Waals surface area (Å²) in [5, 5.41) is 0.649. The zero-order valence-corrected chi connectivity index (χ0v) is 8.06. The van der Waals surface area contributed by atoms with Crippen molar-refractivity contribution >= 4 is 11.6 Å². The molecule has 0 N–H and O–H groups in total. The average molecular weight is 186 g/mol. The Bertz CT molecular complexity index is 263. The Labute approximate surface area is 77.5 Å². The standard InChI is InChI=1S/C9H12ClNO/c1-3-4-12-9-7(2)5-8(10)6-11-9/h5-6H,3-4H2,1-2H3. The van der Waals surface area contributed by atoms with Gasteiger partial charge < -0.3 is 4.74 Å². The van der Waals surface area contributed by atoms with Crippen LogP contribution in [0.15, 0.2) is 12.3 Å². The van der Waals surface area contributed by atoms with Crippen LogP contribution in [0.25, 0.3) is 0 Å². The van der Waals surface area contributed by atoms with Crippen LogP contribution in [0.4, 0.5) is 0 Å². The average Bonchev–Trinajstić information content (AvgIpc) is 2.03. The van der Waals surface area contributed by atoms with Gasteiger partial charge in [0.2, 0.25) is 5.88 Å². The normalized spacial score (nSPS) is 9.92. The first-order chi connectivity index (χ1) is 5.74. The minimum absolute atomic E-state index is 0.649. The molecule has 66 valence electrons. The Hall–Kier alpha value is -0.760. The fourth-order valence-corrected chi connectivity index (χ4v) is 1.09. The Morgan fingerprint density at radius 3 is 2.92 bits per heavy atom. The van der Waals surface area contributed by atoms with Crippen LogP contribution >= 0.6 is 11.6 Å². The molecule has 1 aromatic rings. The highest BCUT2D eigenvalue weighted by atomic mass is 35.5. The van der Waals surface area contributed by atoms with E-state index in [1.165, 1.54) is 0 Å². The van der Waals surface area contributed by atoms with E-state index >= 15 is 0 Å². The van der Waals surface area contributed by atoms with Crippen molar-refractivity contribution in [3.63, 3.8) is 0 Å². The maximum Gasteiger partial charge on any atom is 0.216 e. The Morgan fingerprint density at radius 1 is 1.58 bits per heavy atom. The van der Waals surface area contributed by atoms with E-state index < -0.39 is 0 Å². The maximum atomic E-state index is 5.73. The molecular formula is C9H12ClNO. The van der Waals surface area contributed by atoms with Gasteiger partial charge in [0.05, 0.1) is 11.6 Å². The van der Waals surface area contributed by atoms with Gasteiger partial charge in [-0.1, -0.05) is 18.5 Å². The lowest BCUT2D eigenvalue weighted by molar-refractivity contribution is 0.303. The van der Waals surface area contributed by atoms with Crippen molar-refractivity contribution in [2.24, 2.45) is 0 Å². The number of rotatable bonds is 3. The number of pyridine rings is 1. The lowest BCUT2D eigenvalue weighted by Gasteiger charge is -2.05. The van der Waals surface area contributed by atoms with Crippen molar-refractivity contribution in [2.75, 3.05) is 6.61 Å². The molecule has 0 radical (unpaired) electrons. The topological polar surface area (TPSA) is 22.1 Å². The largest absolute Gasteiger partial charge is 0.477 e. The molecule has 2 nitrogen and oxygen atoms in total. The summed E-state index contributed by atoms with van der Waals surface area (Å²) in [6.45, 7) is 4.70. The molecule has 1 heterocycles. The lowest BCUT2D eigenvalue weighted by atomic mass is 10.3. The van der Waals surface area contributed by atoms with Gasteiger partial charge in [-0.15, -0.1) is 0 Å². The first-order valence-corrected chi connectivity index (χ1v) is 4.36. The number of aryl methyl sites for hydroxylation is 1. The van der Waals surface area contributed by atoms with Gasteiger partial charge in [-0.25, -0.2) is 4.98 Å². The number of aromatic nitrogens is 1. The van der Waals surface area contributed by atoms with Gasteiger partial charge in [-0.3, -0.25) is 0 Å². The van der Waals surface area contributed by atoms with Crippen molar-refractivity contribution in [1.29, 1.82) is 0 Å². The molecule has 0 spiro atoms. The van der Waals surface area contributed by atoms with Gasteiger partial charge in [0.25, 0.3) is 0 Å². The highest BCUT2D eigenvalue weighted by Gasteiger charge is 2.00. The fourth-order valence-electron chi connectivity index (χ4n) is 0.878. The highest BCUT2D eigenvalue weighted by Crippen LogP contribution is 2.17. The molecule has 3 heteroatoms. The third kappa shape index (κ3) is 2.38. The molecule has 0 saturated carbocycles. The third-order valence-corrected chi connectivity index (χ3v) is 1.65. The number of hydrogen-bond donors (Lipinski definition) is 0. The Kier molecular flexibility index (Phi) is 3.35. The number of halogens is 1. The summed E-state index contributed by atoms with van der Waals surface area (Å²) >= 11 is 5.73. The second-order valence-corrected chi connectivity index (χ2v) is 3.06. The van der Waals surface area contributed by atoms with Crippen molar-refractivity contribution in [3.8, 4) is 5.88 Å². The first-order valence-electron chi connectivity index (χ1n) is 3.99. The van der Waals surface area contributed by atoms with E-state index in [4.69, 9.17) is 16.3 Å². The van der Waals surface area contributed by atoms with E-state index in [9.17, 15) is 0 Å². The van der Waals surface area contributed by atoms with Gasteiger partial charge in [-0.2, -0.15) is 0 Å². The van der Waals surface area contributed by atoms with Gasteiger partial charge in [0.1, 0.15) is 0 Å². The van der Waals surface area contributed by atoms with Crippen LogP contribution in [-0.4, -0.2) is 11.6 Å². The van der Waals surface area contributed by atoms with Crippen LogP contribution in [0.1, 0.15) is 18.9 Å². The third-order valence-electron chi connectivity index (χ3n) is 1.44. The summed E-state index contributed by atoms with van der Waals surface area (Å²) in [7, 11) is 0. The van der Waals surface area contributed by atoms with E-state index in [1.54, 1.807) is 6.20 Å². The van der Waals surface area contributed by atoms with Gasteiger partial charge in [0.15, 0.2) is 0 Å². The van der Waals surface area contributed by atoms with Crippen LogP contribution in [0, 0.1) is 6.92 Å². The van der Waals surface area contributed by atoms with Gasteiger partial charge in [0, 0.05) is 11.8 Å².